The topological polar surface area (TPSA) is 48.0 Å². The van der Waals surface area contributed by atoms with Crippen molar-refractivity contribution in [2.75, 3.05) is 27.4 Å². The predicted octanol–water partition coefficient (Wildman–Crippen LogP) is 5.28. The average Bonchev–Trinajstić information content (AvgIpc) is 2.85. The molecule has 0 saturated heterocycles. The molecule has 8 heteroatoms. The number of rotatable bonds is 6. The van der Waals surface area contributed by atoms with Gasteiger partial charge in [-0.25, -0.2) is 0 Å². The largest absolute Gasteiger partial charge is 0.493 e. The smallest absolute Gasteiger partial charge is 0.416 e. The molecular weight excluding hydrogens is 447 g/mol. The molecule has 0 aliphatic carbocycles. The molecule has 0 fully saturated rings. The highest BCUT2D eigenvalue weighted by Crippen LogP contribution is 2.42. The summed E-state index contributed by atoms with van der Waals surface area (Å²) in [5.74, 6) is 1.17. The van der Waals surface area contributed by atoms with Gasteiger partial charge in [0, 0.05) is 6.54 Å². The molecule has 1 amide bonds. The van der Waals surface area contributed by atoms with Gasteiger partial charge in [-0.05, 0) is 59.5 Å². The van der Waals surface area contributed by atoms with Crippen LogP contribution in [0.25, 0.3) is 0 Å². The van der Waals surface area contributed by atoms with E-state index >= 15 is 0 Å². The van der Waals surface area contributed by atoms with E-state index in [2.05, 4.69) is 0 Å². The van der Waals surface area contributed by atoms with Gasteiger partial charge in [-0.1, -0.05) is 30.3 Å². The maximum Gasteiger partial charge on any atom is 0.416 e. The summed E-state index contributed by atoms with van der Waals surface area (Å²) < 4.78 is 56.9. The van der Waals surface area contributed by atoms with E-state index < -0.39 is 17.8 Å². The van der Waals surface area contributed by atoms with E-state index in [0.717, 1.165) is 17.7 Å². The number of nitrogens with zero attached hydrogens (tertiary/aromatic N) is 1. The lowest BCUT2D eigenvalue weighted by Gasteiger charge is -2.38. The van der Waals surface area contributed by atoms with Gasteiger partial charge in [0.2, 0.25) is 0 Å². The van der Waals surface area contributed by atoms with Crippen molar-refractivity contribution in [2.45, 2.75) is 18.6 Å². The molecule has 0 aromatic heterocycles. The van der Waals surface area contributed by atoms with E-state index in [-0.39, 0.29) is 12.5 Å². The molecule has 3 aromatic rings. The fourth-order valence-corrected chi connectivity index (χ4v) is 4.20. The van der Waals surface area contributed by atoms with E-state index in [4.69, 9.17) is 14.2 Å². The molecule has 5 nitrogen and oxygen atoms in total. The highest BCUT2D eigenvalue weighted by molar-refractivity contribution is 5.79. The van der Waals surface area contributed by atoms with Gasteiger partial charge in [0.05, 0.1) is 25.8 Å². The summed E-state index contributed by atoms with van der Waals surface area (Å²) in [6, 6.07) is 16.8. The first kappa shape index (κ1) is 23.5. The van der Waals surface area contributed by atoms with E-state index in [1.165, 1.54) is 20.3 Å². The lowest BCUT2D eigenvalue weighted by Crippen LogP contribution is -2.43. The Hall–Kier alpha value is -3.68. The zero-order chi connectivity index (χ0) is 24.3. The van der Waals surface area contributed by atoms with Crippen molar-refractivity contribution in [2.24, 2.45) is 0 Å². The van der Waals surface area contributed by atoms with E-state index in [0.29, 0.717) is 41.3 Å². The van der Waals surface area contributed by atoms with Crippen LogP contribution in [0.1, 0.15) is 28.3 Å². The molecular formula is C26H24F3NO4. The van der Waals surface area contributed by atoms with Crippen molar-refractivity contribution in [3.05, 3.63) is 89.0 Å². The Morgan fingerprint density at radius 3 is 2.35 bits per heavy atom. The van der Waals surface area contributed by atoms with Crippen molar-refractivity contribution in [1.82, 2.24) is 4.90 Å². The highest BCUT2D eigenvalue weighted by Gasteiger charge is 2.36. The maximum atomic E-state index is 13.5. The summed E-state index contributed by atoms with van der Waals surface area (Å²) in [4.78, 5) is 14.8. The van der Waals surface area contributed by atoms with Crippen molar-refractivity contribution in [3.63, 3.8) is 0 Å². The second-order valence-corrected chi connectivity index (χ2v) is 7.87. The van der Waals surface area contributed by atoms with Gasteiger partial charge in [0.25, 0.3) is 5.91 Å². The fourth-order valence-electron chi connectivity index (χ4n) is 4.20. The third kappa shape index (κ3) is 4.81. The highest BCUT2D eigenvalue weighted by atomic mass is 19.4. The van der Waals surface area contributed by atoms with Crippen molar-refractivity contribution >= 4 is 5.91 Å². The normalized spacial score (nSPS) is 15.4. The van der Waals surface area contributed by atoms with Gasteiger partial charge < -0.3 is 19.1 Å². The molecule has 4 rings (SSSR count). The molecule has 0 N–H and O–H groups in total. The Kier molecular flexibility index (Phi) is 6.68. The van der Waals surface area contributed by atoms with E-state index in [9.17, 15) is 18.0 Å². The minimum atomic E-state index is -4.50. The number of para-hydroxylation sites is 1. The number of amides is 1. The molecule has 1 aliphatic heterocycles. The first-order chi connectivity index (χ1) is 16.3. The summed E-state index contributed by atoms with van der Waals surface area (Å²) in [5, 5.41) is 0. The summed E-state index contributed by atoms with van der Waals surface area (Å²) in [5.41, 5.74) is 1.16. The van der Waals surface area contributed by atoms with Crippen LogP contribution < -0.4 is 14.2 Å². The molecule has 1 unspecified atom stereocenters. The molecule has 1 aliphatic rings. The maximum absolute atomic E-state index is 13.5. The van der Waals surface area contributed by atoms with Crippen LogP contribution in [0.5, 0.6) is 17.2 Å². The van der Waals surface area contributed by atoms with Gasteiger partial charge in [-0.15, -0.1) is 0 Å². The Bertz CT molecular complexity index is 1160. The number of fused-ring (bicyclic) bond motifs is 1. The average molecular weight is 471 g/mol. The van der Waals surface area contributed by atoms with Crippen molar-refractivity contribution < 1.29 is 32.2 Å². The molecule has 0 spiro atoms. The predicted molar refractivity (Wildman–Crippen MR) is 120 cm³/mol. The lowest BCUT2D eigenvalue weighted by atomic mass is 9.87. The third-order valence-electron chi connectivity index (χ3n) is 5.83. The molecule has 0 saturated carbocycles. The number of hydrogen-bond acceptors (Lipinski definition) is 4. The van der Waals surface area contributed by atoms with Gasteiger partial charge in [0.1, 0.15) is 5.75 Å². The van der Waals surface area contributed by atoms with Crippen LogP contribution in [0, 0.1) is 0 Å². The molecule has 3 aromatic carbocycles. The molecule has 0 radical (unpaired) electrons. The zero-order valence-corrected chi connectivity index (χ0v) is 18.8. The van der Waals surface area contributed by atoms with E-state index in [1.807, 2.05) is 12.1 Å². The second-order valence-electron chi connectivity index (χ2n) is 7.87. The van der Waals surface area contributed by atoms with Crippen LogP contribution in [0.3, 0.4) is 0 Å². The van der Waals surface area contributed by atoms with Gasteiger partial charge in [-0.3, -0.25) is 4.79 Å². The molecule has 178 valence electrons. The second kappa shape index (κ2) is 9.67. The van der Waals surface area contributed by atoms with E-state index in [1.54, 1.807) is 41.3 Å². The SMILES string of the molecule is COc1cc2c(cc1OC)C(c1cccc(C(F)(F)F)c1)N(C(=O)COc1ccccc1)CC2. The minimum absolute atomic E-state index is 0.234. The van der Waals surface area contributed by atoms with Gasteiger partial charge in [0.15, 0.2) is 18.1 Å². The van der Waals surface area contributed by atoms with Crippen LogP contribution in [-0.2, 0) is 17.4 Å². The standard InChI is InChI=1S/C26H24F3NO4/c1-32-22-14-17-11-12-30(24(31)16-34-20-9-4-3-5-10-20)25(21(17)15-23(22)33-2)18-7-6-8-19(13-18)26(27,28)29/h3-10,13-15,25H,11-12,16H2,1-2H3. The van der Waals surface area contributed by atoms with Crippen molar-refractivity contribution in [3.8, 4) is 17.2 Å². The molecule has 1 heterocycles. The number of alkyl halides is 3. The summed E-state index contributed by atoms with van der Waals surface area (Å²) in [7, 11) is 3.01. The Labute approximate surface area is 195 Å². The number of benzene rings is 3. The number of hydrogen-bond donors (Lipinski definition) is 0. The first-order valence-electron chi connectivity index (χ1n) is 10.7. The van der Waals surface area contributed by atoms with Crippen LogP contribution in [0.2, 0.25) is 0 Å². The summed E-state index contributed by atoms with van der Waals surface area (Å²) in [6.45, 7) is 0.0858. The number of ether oxygens (including phenoxy) is 3. The van der Waals surface area contributed by atoms with Crippen molar-refractivity contribution in [1.29, 1.82) is 0 Å². The number of carbonyl (C=O) groups is 1. The van der Waals surface area contributed by atoms with Crippen LogP contribution in [0.15, 0.2) is 66.7 Å². The fraction of sp³-hybridized carbons (Fsp3) is 0.269. The Morgan fingerprint density at radius 2 is 1.68 bits per heavy atom. The monoisotopic (exact) mass is 471 g/mol. The van der Waals surface area contributed by atoms with Crippen LogP contribution >= 0.6 is 0 Å². The molecule has 0 bridgehead atoms. The van der Waals surface area contributed by atoms with Crippen LogP contribution in [0.4, 0.5) is 13.2 Å². The minimum Gasteiger partial charge on any atom is -0.493 e. The number of halogens is 3. The van der Waals surface area contributed by atoms with Gasteiger partial charge >= 0.3 is 6.18 Å². The van der Waals surface area contributed by atoms with Crippen LogP contribution in [-0.4, -0.2) is 38.2 Å². The molecule has 34 heavy (non-hydrogen) atoms. The summed E-state index contributed by atoms with van der Waals surface area (Å²) >= 11 is 0. The first-order valence-corrected chi connectivity index (χ1v) is 10.7. The number of carbonyl (C=O) groups excluding carboxylic acids is 1. The van der Waals surface area contributed by atoms with Gasteiger partial charge in [-0.2, -0.15) is 13.2 Å². The lowest BCUT2D eigenvalue weighted by molar-refractivity contribution is -0.137. The summed E-state index contributed by atoms with van der Waals surface area (Å²) in [6.07, 6.45) is -3.99. The Morgan fingerprint density at radius 1 is 0.971 bits per heavy atom. The zero-order valence-electron chi connectivity index (χ0n) is 18.8. The molecule has 1 atom stereocenters. The number of methoxy groups -OCH3 is 2. The Balaban J connectivity index is 1.75. The third-order valence-corrected chi connectivity index (χ3v) is 5.83. The quantitative estimate of drug-likeness (QED) is 0.491.